The number of benzene rings is 1. The molecule has 0 amide bonds. The van der Waals surface area contributed by atoms with Crippen LogP contribution in [0.25, 0.3) is 0 Å². The summed E-state index contributed by atoms with van der Waals surface area (Å²) in [4.78, 5) is 0. The number of hydrogen-bond acceptors (Lipinski definition) is 0. The Labute approximate surface area is 831 Å². The Kier molecular flexibility index (Phi) is 39.0. The van der Waals surface area contributed by atoms with Crippen molar-refractivity contribution in [2.24, 2.45) is 212 Å². The molecule has 125 heavy (non-hydrogen) atoms. The van der Waals surface area contributed by atoms with E-state index in [1.165, 1.54) is 57.8 Å². The molecule has 0 radical (unpaired) electrons. The van der Waals surface area contributed by atoms with Gasteiger partial charge < -0.3 is 44.6 Å². The van der Waals surface area contributed by atoms with Crippen molar-refractivity contribution >= 4 is 51.1 Å². The van der Waals surface area contributed by atoms with Crippen LogP contribution in [0.4, 0.5) is 0 Å². The van der Waals surface area contributed by atoms with E-state index >= 15 is 0 Å². The molecule has 24 unspecified atom stereocenters. The minimum absolute atomic E-state index is 0. The van der Waals surface area contributed by atoms with Gasteiger partial charge in [-0.2, -0.15) is 0 Å². The van der Waals surface area contributed by atoms with Crippen LogP contribution in [0, 0.1) is 256 Å². The number of fused-ring (bicyclic) bond motifs is 12. The monoisotopic (exact) mass is 2050 g/mol. The molecule has 24 atom stereocenters. The van der Waals surface area contributed by atoms with E-state index in [0.29, 0.717) is 120 Å². The van der Waals surface area contributed by atoms with Gasteiger partial charge in [0.2, 0.25) is 0 Å². The van der Waals surface area contributed by atoms with Gasteiger partial charge in [-0.15, -0.1) is 0 Å². The van der Waals surface area contributed by atoms with Crippen molar-refractivity contribution < 1.29 is 62.5 Å². The first-order chi connectivity index (χ1) is 54.6. The zero-order valence-electron chi connectivity index (χ0n) is 86.8. The van der Waals surface area contributed by atoms with E-state index in [1.807, 2.05) is 0 Å². The van der Waals surface area contributed by atoms with Gasteiger partial charge in [0.1, 0.15) is 0 Å². The van der Waals surface area contributed by atoms with Gasteiger partial charge in [-0.3, -0.25) is 0 Å². The first kappa shape index (κ1) is 116. The Hall–Kier alpha value is 0.489. The number of halogens is 6. The Morgan fingerprint density at radius 1 is 0.256 bits per heavy atom. The maximum atomic E-state index is 4.93. The van der Waals surface area contributed by atoms with Crippen molar-refractivity contribution in [3.05, 3.63) is 223 Å². The van der Waals surface area contributed by atoms with Crippen molar-refractivity contribution in [2.75, 3.05) is 0 Å². The van der Waals surface area contributed by atoms with Gasteiger partial charge in [-0.25, -0.2) is 0 Å². The SMILES string of the molecule is CC(C)(C)C1=CC2C(C=C1)C1C=CC(C(C)(C)C)=CC1C2C1(C)CC(C)(C)C2CC(C(C)(C)C)CC21.CC(C)(C)C1=CC2C3C=C(C(C)(C)C)C=CC3C(C3(C)CC(C)(C)C4CC(C(C)(C)C)CC43)C2C=C1.CC(C)(C)C1=CC2C3C=C(C(C)(C)C)C=CC3C(C3(C)CC(C)(C)C4CC(c5ccccc5)CC43)C2C=C1.[CH3-].[CH3-].[CH3-].[CH3-].[CH3-].[CH3-].[Cl][Zr+2][Cl].[Cl][Zr+2][Cl].[Cl][Zr+2][Cl]. The molecule has 9 heteroatoms. The van der Waals surface area contributed by atoms with E-state index in [2.05, 4.69) is 368 Å². The van der Waals surface area contributed by atoms with Gasteiger partial charge in [-0.1, -0.05) is 368 Å². The van der Waals surface area contributed by atoms with E-state index < -0.39 is 62.5 Å². The zero-order chi connectivity index (χ0) is 88.6. The van der Waals surface area contributed by atoms with Gasteiger partial charge in [0.05, 0.1) is 0 Å². The van der Waals surface area contributed by atoms with E-state index in [9.17, 15) is 0 Å². The zero-order valence-corrected chi connectivity index (χ0v) is 98.7. The maximum absolute atomic E-state index is 4.93. The van der Waals surface area contributed by atoms with E-state index in [4.69, 9.17) is 51.1 Å². The Morgan fingerprint density at radius 3 is 0.680 bits per heavy atom. The standard InChI is InChI=1S/C38H52.2C36H56.6CH3.6ClH.3Zr/c1-35(2,3)26-15-17-28-30(21-26)31-22-27(36(4,5)6)16-18-29(31)34(28)38(9)23-37(7,8)32-19-25(20-33(32)38)24-13-11-10-12-14-24;1-32(2,3)22-13-15-25-27(17-22)28-18-23(33(4,5)6)14-16-26(28)31(25)36(12)21-35(10,11)29-19-24(20-30(29)36)34(7,8)9;1-32(2,3)22-13-15-25-26-16-14-23(33(4,5)6)18-28(26)31(27(25)17-22)36(12)21-35(10,11)29-19-24(20-30(29)36)34(7,8)9;;;;;;;;;;;;;;;/h10-18,21-22,25,28-34H,19-20,23H2,1-9H3;2*13-18,24-31H,19-21H2,1-12H3;6*1H3;6*1H;;;/q;;;6*-1;;;;;;;3*+4/p-6. The summed E-state index contributed by atoms with van der Waals surface area (Å²) in [6.07, 6.45) is 60.2. The van der Waals surface area contributed by atoms with Crippen LogP contribution >= 0.6 is 51.1 Å². The molecule has 9 fully saturated rings. The third kappa shape index (κ3) is 23.4. The van der Waals surface area contributed by atoms with Gasteiger partial charge in [0, 0.05) is 0 Å². The number of rotatable bonds is 4. The average molecular weight is 2060 g/mol. The minimum atomic E-state index is -0.826. The van der Waals surface area contributed by atoms with E-state index in [-0.39, 0.29) is 77.0 Å². The number of allylic oxidation sites excluding steroid dienone is 24. The summed E-state index contributed by atoms with van der Waals surface area (Å²) in [7, 11) is 29.6. The van der Waals surface area contributed by atoms with Crippen molar-refractivity contribution in [1.82, 2.24) is 0 Å². The van der Waals surface area contributed by atoms with Crippen molar-refractivity contribution in [3.63, 3.8) is 0 Å². The molecule has 0 spiro atoms. The Balaban J connectivity index is 0.000000310. The fraction of sp³-hybridized carbons (Fsp3) is 0.690. The molecule has 0 saturated heterocycles. The summed E-state index contributed by atoms with van der Waals surface area (Å²) in [5, 5.41) is 0. The molecule has 16 rings (SSSR count). The normalized spacial score (nSPS) is 38.0. The summed E-state index contributed by atoms with van der Waals surface area (Å²) in [5.74, 6) is 17.5. The molecule has 9 saturated carbocycles. The van der Waals surface area contributed by atoms with Crippen LogP contribution < -0.4 is 0 Å². The van der Waals surface area contributed by atoms with Crippen LogP contribution in [-0.2, 0) is 62.5 Å². The third-order valence-electron chi connectivity index (χ3n) is 35.7. The molecule has 15 aliphatic carbocycles. The first-order valence-electron chi connectivity index (χ1n) is 47.0. The predicted octanol–water partition coefficient (Wildman–Crippen LogP) is 37.8. The molecule has 700 valence electrons. The van der Waals surface area contributed by atoms with Crippen molar-refractivity contribution in [3.8, 4) is 0 Å². The summed E-state index contributed by atoms with van der Waals surface area (Å²) >= 11 is -2.48. The summed E-state index contributed by atoms with van der Waals surface area (Å²) < 4.78 is 0. The van der Waals surface area contributed by atoms with E-state index in [1.54, 1.807) is 39.0 Å². The molecule has 0 N–H and O–H groups in total. The molecular formula is C116H182Cl6Zr3. The molecule has 0 aromatic heterocycles. The molecule has 0 heterocycles. The average Bonchev–Trinajstić information content (AvgIpc) is 1.54. The van der Waals surface area contributed by atoms with Gasteiger partial charge in [0.25, 0.3) is 0 Å². The fourth-order valence-corrected chi connectivity index (χ4v) is 30.2. The summed E-state index contributed by atoms with van der Waals surface area (Å²) in [6.45, 7) is 82.0. The molecule has 0 bridgehead atoms. The second-order valence-corrected chi connectivity index (χ2v) is 63.6. The van der Waals surface area contributed by atoms with Crippen molar-refractivity contribution in [2.45, 2.75) is 292 Å². The quantitative estimate of drug-likeness (QED) is 0.264. The predicted molar refractivity (Wildman–Crippen MR) is 549 cm³/mol. The molecular weight excluding hydrogens is 1880 g/mol. The molecule has 1 aromatic rings. The summed E-state index contributed by atoms with van der Waals surface area (Å²) in [5.41, 5.74) is 15.4. The second-order valence-electron chi connectivity index (χ2n) is 52.4. The number of hydrogen-bond donors (Lipinski definition) is 0. The summed E-state index contributed by atoms with van der Waals surface area (Å²) in [6, 6.07) is 11.5. The Morgan fingerprint density at radius 2 is 0.448 bits per heavy atom. The Bertz CT molecular complexity index is 3980. The van der Waals surface area contributed by atoms with Crippen LogP contribution in [-0.4, -0.2) is 0 Å². The fourth-order valence-electron chi connectivity index (χ4n) is 30.2. The van der Waals surface area contributed by atoms with E-state index in [0.717, 1.165) is 65.1 Å². The van der Waals surface area contributed by atoms with Crippen molar-refractivity contribution in [1.29, 1.82) is 0 Å². The molecule has 15 aliphatic rings. The van der Waals surface area contributed by atoms with Crippen LogP contribution in [0.3, 0.4) is 0 Å². The molecule has 1 aromatic carbocycles. The van der Waals surface area contributed by atoms with Crippen LogP contribution in [0.5, 0.6) is 0 Å². The second kappa shape index (κ2) is 42.0. The van der Waals surface area contributed by atoms with Crippen LogP contribution in [0.2, 0.25) is 0 Å². The topological polar surface area (TPSA) is 0 Å². The van der Waals surface area contributed by atoms with Gasteiger partial charge in [-0.05, 0) is 315 Å². The molecule has 0 nitrogen and oxygen atoms in total. The van der Waals surface area contributed by atoms with Crippen LogP contribution in [0.15, 0.2) is 173 Å². The van der Waals surface area contributed by atoms with Crippen LogP contribution in [0.1, 0.15) is 298 Å². The molecule has 0 aliphatic heterocycles. The van der Waals surface area contributed by atoms with Gasteiger partial charge in [0.15, 0.2) is 0 Å². The van der Waals surface area contributed by atoms with Gasteiger partial charge >= 0.3 is 114 Å². The third-order valence-corrected chi connectivity index (χ3v) is 35.7. The first-order valence-corrected chi connectivity index (χ1v) is 66.0.